The highest BCUT2D eigenvalue weighted by Crippen LogP contribution is 2.22. The first-order chi connectivity index (χ1) is 16.0. The molecule has 0 N–H and O–H groups in total. The molecule has 0 saturated carbocycles. The quantitative estimate of drug-likeness (QED) is 0.528. The number of esters is 1. The zero-order chi connectivity index (χ0) is 23.2. The molecule has 3 saturated heterocycles. The molecule has 1 aromatic carbocycles. The third-order valence-electron chi connectivity index (χ3n) is 7.03. The van der Waals surface area contributed by atoms with Crippen LogP contribution in [-0.2, 0) is 20.8 Å². The van der Waals surface area contributed by atoms with Crippen molar-refractivity contribution in [1.29, 1.82) is 0 Å². The molecule has 3 aliphatic heterocycles. The van der Waals surface area contributed by atoms with Crippen LogP contribution in [0.4, 0.5) is 4.79 Å². The maximum absolute atomic E-state index is 11.9. The highest BCUT2D eigenvalue weighted by molar-refractivity contribution is 5.71. The molecule has 2 atom stereocenters. The molecule has 0 radical (unpaired) electrons. The molecule has 1 aromatic rings. The van der Waals surface area contributed by atoms with E-state index in [1.54, 1.807) is 11.9 Å². The molecule has 3 heterocycles. The van der Waals surface area contributed by atoms with Crippen LogP contribution in [0.15, 0.2) is 30.3 Å². The number of hydrogen-bond acceptors (Lipinski definition) is 8. The van der Waals surface area contributed by atoms with Gasteiger partial charge in [-0.05, 0) is 18.5 Å². The van der Waals surface area contributed by atoms with Gasteiger partial charge in [-0.25, -0.2) is 4.79 Å². The van der Waals surface area contributed by atoms with Gasteiger partial charge in [-0.15, -0.1) is 0 Å². The predicted molar refractivity (Wildman–Crippen MR) is 125 cm³/mol. The summed E-state index contributed by atoms with van der Waals surface area (Å²) in [4.78, 5) is 34.9. The highest BCUT2D eigenvalue weighted by Gasteiger charge is 2.39. The fraction of sp³-hybridized carbons (Fsp3) is 0.667. The van der Waals surface area contributed by atoms with Gasteiger partial charge >= 0.3 is 12.1 Å². The third kappa shape index (κ3) is 6.44. The number of carbonyl (C=O) groups is 2. The third-order valence-corrected chi connectivity index (χ3v) is 7.03. The van der Waals surface area contributed by atoms with Gasteiger partial charge in [-0.2, -0.15) is 0 Å². The molecule has 1 amide bonds. The summed E-state index contributed by atoms with van der Waals surface area (Å²) >= 11 is 0. The van der Waals surface area contributed by atoms with Crippen molar-refractivity contribution in [2.75, 3.05) is 79.6 Å². The molecular weight excluding hydrogens is 422 g/mol. The highest BCUT2D eigenvalue weighted by atomic mass is 16.6. The fourth-order valence-electron chi connectivity index (χ4n) is 5.03. The van der Waals surface area contributed by atoms with Gasteiger partial charge in [-0.3, -0.25) is 19.5 Å². The summed E-state index contributed by atoms with van der Waals surface area (Å²) in [6.45, 7) is 9.50. The number of piperazine rings is 2. The summed E-state index contributed by atoms with van der Waals surface area (Å²) in [6.07, 6.45) is 0.509. The minimum atomic E-state index is -0.259. The molecular formula is C24H37N5O4. The van der Waals surface area contributed by atoms with E-state index in [9.17, 15) is 9.59 Å². The van der Waals surface area contributed by atoms with Crippen molar-refractivity contribution in [3.8, 4) is 0 Å². The zero-order valence-electron chi connectivity index (χ0n) is 19.9. The number of carbonyl (C=O) groups excluding carboxylic acids is 2. The van der Waals surface area contributed by atoms with Crippen molar-refractivity contribution in [3.05, 3.63) is 35.9 Å². The normalized spacial score (nSPS) is 25.9. The molecule has 4 rings (SSSR count). The molecule has 33 heavy (non-hydrogen) atoms. The van der Waals surface area contributed by atoms with Gasteiger partial charge in [0.15, 0.2) is 6.23 Å². The van der Waals surface area contributed by atoms with Crippen molar-refractivity contribution in [1.82, 2.24) is 24.5 Å². The Morgan fingerprint density at radius 2 is 1.70 bits per heavy atom. The van der Waals surface area contributed by atoms with Crippen LogP contribution in [0, 0.1) is 0 Å². The van der Waals surface area contributed by atoms with Crippen LogP contribution in [0.3, 0.4) is 0 Å². The molecule has 3 aliphatic rings. The molecule has 0 aromatic heterocycles. The fourth-order valence-corrected chi connectivity index (χ4v) is 5.03. The van der Waals surface area contributed by atoms with E-state index in [0.29, 0.717) is 13.1 Å². The first-order valence-electron chi connectivity index (χ1n) is 12.0. The van der Waals surface area contributed by atoms with E-state index in [2.05, 4.69) is 49.9 Å². The SMILES string of the molecule is COC(=O)CN1CCN(C2CN(C)C(=O)O2)C(CCN2CCN(Cc3ccccc3)CC2)C1. The largest absolute Gasteiger partial charge is 0.468 e. The lowest BCUT2D eigenvalue weighted by Crippen LogP contribution is -2.59. The minimum Gasteiger partial charge on any atom is -0.468 e. The van der Waals surface area contributed by atoms with Crippen molar-refractivity contribution >= 4 is 12.1 Å². The van der Waals surface area contributed by atoms with Gasteiger partial charge in [0.25, 0.3) is 0 Å². The summed E-state index contributed by atoms with van der Waals surface area (Å²) in [5.41, 5.74) is 1.37. The van der Waals surface area contributed by atoms with E-state index in [-0.39, 0.29) is 24.3 Å². The van der Waals surface area contributed by atoms with Gasteiger partial charge in [0.1, 0.15) is 0 Å². The van der Waals surface area contributed by atoms with Crippen LogP contribution < -0.4 is 0 Å². The molecule has 9 heteroatoms. The number of amides is 1. The lowest BCUT2D eigenvalue weighted by molar-refractivity contribution is -0.143. The number of hydrogen-bond donors (Lipinski definition) is 0. The van der Waals surface area contributed by atoms with Crippen LogP contribution in [0.1, 0.15) is 12.0 Å². The first-order valence-corrected chi connectivity index (χ1v) is 12.0. The van der Waals surface area contributed by atoms with Gasteiger partial charge in [0, 0.05) is 65.4 Å². The molecule has 0 bridgehead atoms. The summed E-state index contributed by atoms with van der Waals surface area (Å²) in [6, 6.07) is 10.9. The lowest BCUT2D eigenvalue weighted by Gasteiger charge is -2.44. The van der Waals surface area contributed by atoms with Crippen molar-refractivity contribution in [2.24, 2.45) is 0 Å². The Morgan fingerprint density at radius 3 is 2.36 bits per heavy atom. The number of methoxy groups -OCH3 is 1. The molecule has 0 aliphatic carbocycles. The zero-order valence-corrected chi connectivity index (χ0v) is 19.9. The minimum absolute atomic E-state index is 0.205. The second-order valence-electron chi connectivity index (χ2n) is 9.31. The van der Waals surface area contributed by atoms with Crippen molar-refractivity contribution < 1.29 is 19.1 Å². The van der Waals surface area contributed by atoms with Gasteiger partial charge < -0.3 is 19.3 Å². The Hall–Kier alpha value is -2.20. The van der Waals surface area contributed by atoms with Crippen LogP contribution in [0.5, 0.6) is 0 Å². The van der Waals surface area contributed by atoms with Crippen LogP contribution in [0.25, 0.3) is 0 Å². The number of ether oxygens (including phenoxy) is 2. The van der Waals surface area contributed by atoms with E-state index < -0.39 is 0 Å². The van der Waals surface area contributed by atoms with Crippen LogP contribution >= 0.6 is 0 Å². The first kappa shape index (κ1) is 23.9. The molecule has 0 spiro atoms. The summed E-state index contributed by atoms with van der Waals surface area (Å²) in [5.74, 6) is -0.205. The van der Waals surface area contributed by atoms with Crippen molar-refractivity contribution in [2.45, 2.75) is 25.2 Å². The second kappa shape index (κ2) is 11.3. The average Bonchev–Trinajstić information content (AvgIpc) is 3.17. The number of nitrogens with zero attached hydrogens (tertiary/aromatic N) is 5. The number of rotatable bonds is 8. The number of likely N-dealkylation sites (N-methyl/N-ethyl adjacent to an activating group) is 1. The van der Waals surface area contributed by atoms with Gasteiger partial charge in [0.2, 0.25) is 0 Å². The Bertz CT molecular complexity index is 786. The topological polar surface area (TPSA) is 68.8 Å². The summed E-state index contributed by atoms with van der Waals surface area (Å²) in [5, 5.41) is 0. The number of benzene rings is 1. The summed E-state index contributed by atoms with van der Waals surface area (Å²) < 4.78 is 10.5. The predicted octanol–water partition coefficient (Wildman–Crippen LogP) is 0.762. The molecule has 3 fully saturated rings. The monoisotopic (exact) mass is 459 g/mol. The van der Waals surface area contributed by atoms with Crippen LogP contribution in [0.2, 0.25) is 0 Å². The Morgan fingerprint density at radius 1 is 1.00 bits per heavy atom. The lowest BCUT2D eigenvalue weighted by atomic mass is 10.1. The van der Waals surface area contributed by atoms with E-state index in [1.807, 2.05) is 0 Å². The Balaban J connectivity index is 1.29. The van der Waals surface area contributed by atoms with Gasteiger partial charge in [-0.1, -0.05) is 30.3 Å². The Kier molecular flexibility index (Phi) is 8.19. The smallest absolute Gasteiger partial charge is 0.411 e. The Labute approximate surface area is 196 Å². The standard InChI is InChI=1S/C24H37N5O4/c1-25-18-22(33-24(25)31)29-15-14-28(19-23(30)32-2)17-21(29)8-9-26-10-12-27(13-11-26)16-20-6-4-3-5-7-20/h3-7,21-22H,8-19H2,1-2H3. The van der Waals surface area contributed by atoms with E-state index in [4.69, 9.17) is 9.47 Å². The molecule has 2 unspecified atom stereocenters. The average molecular weight is 460 g/mol. The molecule has 182 valence electrons. The summed E-state index contributed by atoms with van der Waals surface area (Å²) in [7, 11) is 3.21. The van der Waals surface area contributed by atoms with E-state index >= 15 is 0 Å². The number of cyclic esters (lactones) is 1. The molecule has 9 nitrogen and oxygen atoms in total. The van der Waals surface area contributed by atoms with Gasteiger partial charge in [0.05, 0.1) is 20.2 Å². The maximum Gasteiger partial charge on any atom is 0.411 e. The maximum atomic E-state index is 11.9. The van der Waals surface area contributed by atoms with E-state index in [0.717, 1.165) is 65.3 Å². The van der Waals surface area contributed by atoms with Crippen molar-refractivity contribution in [3.63, 3.8) is 0 Å². The van der Waals surface area contributed by atoms with Crippen LogP contribution in [-0.4, -0.2) is 128 Å². The second-order valence-corrected chi connectivity index (χ2v) is 9.31. The van der Waals surface area contributed by atoms with E-state index in [1.165, 1.54) is 12.7 Å².